The molecule has 0 heterocycles. The molecule has 0 fully saturated rings. The van der Waals surface area contributed by atoms with Gasteiger partial charge in [0.05, 0.1) is 33.4 Å². The number of anilines is 1. The van der Waals surface area contributed by atoms with Crippen molar-refractivity contribution in [3.05, 3.63) is 88.0 Å². The molecule has 0 unspecified atom stereocenters. The Morgan fingerprint density at radius 3 is 1.44 bits per heavy atom. The second-order valence-corrected chi connectivity index (χ2v) is 8.11. The molecule has 1 amide bonds. The summed E-state index contributed by atoms with van der Waals surface area (Å²) in [5.41, 5.74) is -9.91. The SMILES string of the molecule is O=C(Oc1cc(C(F)(F)F)cc(C(F)(F)F)c1)c1ccc(O)c(C(=O)Nc2cc(C(F)(F)F)cc(C(F)(F)F)c2)c1. The van der Waals surface area contributed by atoms with Crippen LogP contribution in [0.15, 0.2) is 54.6 Å². The van der Waals surface area contributed by atoms with Gasteiger partial charge in [0.2, 0.25) is 0 Å². The van der Waals surface area contributed by atoms with E-state index in [1.807, 2.05) is 0 Å². The first-order chi connectivity index (χ1) is 18.6. The van der Waals surface area contributed by atoms with Gasteiger partial charge in [-0.1, -0.05) is 0 Å². The van der Waals surface area contributed by atoms with Crippen molar-refractivity contribution in [2.75, 3.05) is 5.32 Å². The first-order valence-corrected chi connectivity index (χ1v) is 10.5. The number of phenols is 1. The van der Waals surface area contributed by atoms with Crippen LogP contribution in [0.3, 0.4) is 0 Å². The molecular formula is C24H11F12NO4. The lowest BCUT2D eigenvalue weighted by molar-refractivity contribution is -0.144. The van der Waals surface area contributed by atoms with E-state index in [4.69, 9.17) is 0 Å². The van der Waals surface area contributed by atoms with E-state index in [1.165, 1.54) is 0 Å². The lowest BCUT2D eigenvalue weighted by Crippen LogP contribution is -2.17. The van der Waals surface area contributed by atoms with E-state index in [1.54, 1.807) is 5.32 Å². The van der Waals surface area contributed by atoms with Gasteiger partial charge in [-0.2, -0.15) is 52.7 Å². The van der Waals surface area contributed by atoms with Crippen LogP contribution in [0, 0.1) is 0 Å². The molecule has 3 rings (SSSR count). The first kappa shape index (κ1) is 31.1. The summed E-state index contributed by atoms with van der Waals surface area (Å²) in [4.78, 5) is 25.0. The highest BCUT2D eigenvalue weighted by Gasteiger charge is 2.38. The molecule has 0 saturated heterocycles. The summed E-state index contributed by atoms with van der Waals surface area (Å²) in [6.07, 6.45) is -21.1. The fourth-order valence-corrected chi connectivity index (χ4v) is 3.22. The zero-order valence-corrected chi connectivity index (χ0v) is 19.4. The van der Waals surface area contributed by atoms with Crippen LogP contribution in [-0.4, -0.2) is 17.0 Å². The number of nitrogens with one attached hydrogen (secondary N) is 1. The Morgan fingerprint density at radius 2 is 1.02 bits per heavy atom. The number of carbonyl (C=O) groups excluding carboxylic acids is 2. The van der Waals surface area contributed by atoms with Gasteiger partial charge in [0.25, 0.3) is 5.91 Å². The molecule has 0 aliphatic heterocycles. The van der Waals surface area contributed by atoms with Crippen LogP contribution >= 0.6 is 0 Å². The number of hydrogen-bond donors (Lipinski definition) is 2. The van der Waals surface area contributed by atoms with Crippen LogP contribution in [0.5, 0.6) is 11.5 Å². The van der Waals surface area contributed by atoms with Gasteiger partial charge in [0, 0.05) is 5.69 Å². The Labute approximate surface area is 220 Å². The van der Waals surface area contributed by atoms with E-state index in [0.717, 1.165) is 6.07 Å². The zero-order valence-electron chi connectivity index (χ0n) is 19.4. The number of hydrogen-bond acceptors (Lipinski definition) is 4. The monoisotopic (exact) mass is 605 g/mol. The third-order valence-electron chi connectivity index (χ3n) is 5.09. The number of rotatable bonds is 4. The smallest absolute Gasteiger partial charge is 0.416 e. The predicted molar refractivity (Wildman–Crippen MR) is 114 cm³/mol. The Bertz CT molecular complexity index is 1420. The molecular weight excluding hydrogens is 594 g/mol. The van der Waals surface area contributed by atoms with Crippen molar-refractivity contribution in [3.8, 4) is 11.5 Å². The minimum atomic E-state index is -5.28. The number of aromatic hydroxyl groups is 1. The first-order valence-electron chi connectivity index (χ1n) is 10.5. The van der Waals surface area contributed by atoms with Crippen molar-refractivity contribution in [3.63, 3.8) is 0 Å². The summed E-state index contributed by atoms with van der Waals surface area (Å²) in [5, 5.41) is 11.6. The molecule has 0 aromatic heterocycles. The van der Waals surface area contributed by atoms with Gasteiger partial charge in [0.1, 0.15) is 11.5 Å². The molecule has 0 atom stereocenters. The number of halogens is 12. The molecule has 3 aromatic carbocycles. The number of ether oxygens (including phenoxy) is 1. The minimum absolute atomic E-state index is 0.0764. The van der Waals surface area contributed by atoms with Gasteiger partial charge < -0.3 is 15.2 Å². The fraction of sp³-hybridized carbons (Fsp3) is 0.167. The Kier molecular flexibility index (Phi) is 7.97. The van der Waals surface area contributed by atoms with Gasteiger partial charge in [-0.3, -0.25) is 4.79 Å². The van der Waals surface area contributed by atoms with Crippen molar-refractivity contribution < 1.29 is 72.1 Å². The molecule has 2 N–H and O–H groups in total. The number of phenolic OH excluding ortho intramolecular Hbond substituents is 1. The molecule has 0 aliphatic rings. The maximum atomic E-state index is 13.1. The van der Waals surface area contributed by atoms with Gasteiger partial charge >= 0.3 is 30.7 Å². The number of amides is 1. The van der Waals surface area contributed by atoms with E-state index in [2.05, 4.69) is 4.74 Å². The van der Waals surface area contributed by atoms with Crippen molar-refractivity contribution >= 4 is 17.6 Å². The third-order valence-corrected chi connectivity index (χ3v) is 5.09. The van der Waals surface area contributed by atoms with Gasteiger partial charge in [-0.15, -0.1) is 0 Å². The summed E-state index contributed by atoms with van der Waals surface area (Å²) in [6, 6.07) is 1.83. The van der Waals surface area contributed by atoms with E-state index >= 15 is 0 Å². The molecule has 0 radical (unpaired) electrons. The van der Waals surface area contributed by atoms with Crippen molar-refractivity contribution in [2.24, 2.45) is 0 Å². The van der Waals surface area contributed by atoms with Crippen LogP contribution in [-0.2, 0) is 24.7 Å². The Morgan fingerprint density at radius 1 is 0.610 bits per heavy atom. The fourth-order valence-electron chi connectivity index (χ4n) is 3.22. The standard InChI is InChI=1S/C24H11F12NO4/c25-21(26,27)11-4-12(22(28,29)30)7-15(6-11)37-19(39)17-3-10(1-2-18(17)38)20(40)41-16-8-13(23(31,32)33)5-14(9-16)24(34,35)36/h1-9,38H,(H,37,39). The van der Waals surface area contributed by atoms with E-state index < -0.39 is 87.1 Å². The summed E-state index contributed by atoms with van der Waals surface area (Å²) < 4.78 is 161. The Hall–Kier alpha value is -4.44. The van der Waals surface area contributed by atoms with Crippen LogP contribution in [0.25, 0.3) is 0 Å². The zero-order chi connectivity index (χ0) is 31.1. The number of carbonyl (C=O) groups is 2. The lowest BCUT2D eigenvalue weighted by atomic mass is 10.1. The van der Waals surface area contributed by atoms with E-state index in [-0.39, 0.29) is 36.4 Å². The highest BCUT2D eigenvalue weighted by Crippen LogP contribution is 2.39. The molecule has 220 valence electrons. The van der Waals surface area contributed by atoms with Crippen molar-refractivity contribution in [2.45, 2.75) is 24.7 Å². The highest BCUT2D eigenvalue weighted by atomic mass is 19.4. The van der Waals surface area contributed by atoms with Gasteiger partial charge in [-0.05, 0) is 54.6 Å². The largest absolute Gasteiger partial charge is 0.507 e. The second kappa shape index (κ2) is 10.5. The highest BCUT2D eigenvalue weighted by molar-refractivity contribution is 6.07. The molecule has 41 heavy (non-hydrogen) atoms. The quantitative estimate of drug-likeness (QED) is 0.180. The van der Waals surface area contributed by atoms with Crippen LogP contribution in [0.1, 0.15) is 43.0 Å². The topological polar surface area (TPSA) is 75.6 Å². The molecule has 5 nitrogen and oxygen atoms in total. The number of benzene rings is 3. The summed E-state index contributed by atoms with van der Waals surface area (Å²) >= 11 is 0. The minimum Gasteiger partial charge on any atom is -0.507 e. The predicted octanol–water partition coefficient (Wildman–Crippen LogP) is 7.94. The normalized spacial score (nSPS) is 12.7. The average molecular weight is 605 g/mol. The van der Waals surface area contributed by atoms with Crippen LogP contribution in [0.4, 0.5) is 58.4 Å². The third kappa shape index (κ3) is 7.61. The molecule has 0 spiro atoms. The number of alkyl halides is 12. The van der Waals surface area contributed by atoms with Crippen molar-refractivity contribution in [1.82, 2.24) is 0 Å². The molecule has 0 bridgehead atoms. The molecule has 0 saturated carbocycles. The second-order valence-electron chi connectivity index (χ2n) is 8.11. The summed E-state index contributed by atoms with van der Waals surface area (Å²) in [5.74, 6) is -5.34. The molecule has 17 heteroatoms. The van der Waals surface area contributed by atoms with Gasteiger partial charge in [0.15, 0.2) is 0 Å². The molecule has 0 aliphatic carbocycles. The lowest BCUT2D eigenvalue weighted by Gasteiger charge is -2.15. The van der Waals surface area contributed by atoms with E-state index in [0.29, 0.717) is 12.1 Å². The van der Waals surface area contributed by atoms with Crippen molar-refractivity contribution in [1.29, 1.82) is 0 Å². The van der Waals surface area contributed by atoms with Crippen LogP contribution < -0.4 is 10.1 Å². The van der Waals surface area contributed by atoms with Gasteiger partial charge in [-0.25, -0.2) is 4.79 Å². The maximum Gasteiger partial charge on any atom is 0.416 e. The summed E-state index contributed by atoms with van der Waals surface area (Å²) in [6.45, 7) is 0. The summed E-state index contributed by atoms with van der Waals surface area (Å²) in [7, 11) is 0. The molecule has 3 aromatic rings. The van der Waals surface area contributed by atoms with Crippen LogP contribution in [0.2, 0.25) is 0 Å². The number of esters is 1. The maximum absolute atomic E-state index is 13.1. The van der Waals surface area contributed by atoms with E-state index in [9.17, 15) is 67.4 Å². The Balaban J connectivity index is 1.94. The average Bonchev–Trinajstić information content (AvgIpc) is 2.81.